The van der Waals surface area contributed by atoms with Crippen LogP contribution in [0.15, 0.2) is 39.8 Å². The number of hydrogen-bond acceptors (Lipinski definition) is 4. The van der Waals surface area contributed by atoms with Crippen LogP contribution in [0.5, 0.6) is 0 Å². The Labute approximate surface area is 128 Å². The quantitative estimate of drug-likeness (QED) is 0.572. The van der Waals surface area contributed by atoms with Crippen molar-refractivity contribution in [3.63, 3.8) is 0 Å². The van der Waals surface area contributed by atoms with E-state index in [4.69, 9.17) is 16.0 Å². The lowest BCUT2D eigenvalue weighted by molar-refractivity contribution is 0.0940. The van der Waals surface area contributed by atoms with Crippen molar-refractivity contribution in [2.75, 3.05) is 6.54 Å². The second-order valence-electron chi connectivity index (χ2n) is 5.26. The molecule has 0 bridgehead atoms. The number of carbonyl (C=O) groups excluding carboxylic acids is 1. The Morgan fingerprint density at radius 2 is 2.00 bits per heavy atom. The molecule has 0 atom stereocenters. The zero-order valence-corrected chi connectivity index (χ0v) is 12.5. The van der Waals surface area contributed by atoms with E-state index in [2.05, 4.69) is 15.5 Å². The van der Waals surface area contributed by atoms with Gasteiger partial charge in [0, 0.05) is 18.2 Å². The van der Waals surface area contributed by atoms with Gasteiger partial charge in [0.25, 0.3) is 5.91 Å². The Morgan fingerprint density at radius 3 is 2.59 bits per heavy atom. The van der Waals surface area contributed by atoms with Crippen molar-refractivity contribution < 1.29 is 9.32 Å². The van der Waals surface area contributed by atoms with Crippen LogP contribution in [0.4, 0.5) is 5.69 Å². The zero-order chi connectivity index (χ0) is 16.1. The van der Waals surface area contributed by atoms with Crippen LogP contribution in [0, 0.1) is 5.92 Å². The van der Waals surface area contributed by atoms with E-state index in [9.17, 15) is 4.79 Å². The van der Waals surface area contributed by atoms with Crippen molar-refractivity contribution in [2.45, 2.75) is 13.8 Å². The van der Waals surface area contributed by atoms with Gasteiger partial charge >= 0.3 is 0 Å². The summed E-state index contributed by atoms with van der Waals surface area (Å²) in [5.41, 5.74) is 12.3. The van der Waals surface area contributed by atoms with Crippen LogP contribution in [-0.4, -0.2) is 23.6 Å². The molecule has 0 saturated heterocycles. The van der Waals surface area contributed by atoms with Crippen molar-refractivity contribution in [1.82, 2.24) is 10.5 Å². The summed E-state index contributed by atoms with van der Waals surface area (Å²) in [4.78, 5) is 15.8. The highest BCUT2D eigenvalue weighted by molar-refractivity contribution is 5.93. The highest BCUT2D eigenvalue weighted by Crippen LogP contribution is 2.23. The Bertz CT molecular complexity index is 669. The molecule has 22 heavy (non-hydrogen) atoms. The van der Waals surface area contributed by atoms with Crippen LogP contribution in [0.2, 0.25) is 0 Å². The van der Waals surface area contributed by atoms with Crippen molar-refractivity contribution in [2.24, 2.45) is 22.4 Å². The number of carbonyl (C=O) groups is 1. The molecule has 7 nitrogen and oxygen atoms in total. The van der Waals surface area contributed by atoms with Gasteiger partial charge in [-0.05, 0) is 30.2 Å². The fourth-order valence-corrected chi connectivity index (χ4v) is 1.75. The summed E-state index contributed by atoms with van der Waals surface area (Å²) < 4.78 is 5.20. The lowest BCUT2D eigenvalue weighted by Crippen LogP contribution is -2.27. The molecule has 0 spiro atoms. The van der Waals surface area contributed by atoms with Gasteiger partial charge in [0.15, 0.2) is 17.4 Å². The molecule has 0 fully saturated rings. The molecule has 116 valence electrons. The average molecular weight is 301 g/mol. The molecule has 1 aromatic carbocycles. The highest BCUT2D eigenvalue weighted by atomic mass is 16.5. The topological polar surface area (TPSA) is 120 Å². The first-order valence-electron chi connectivity index (χ1n) is 6.90. The summed E-state index contributed by atoms with van der Waals surface area (Å²) in [6, 6.07) is 8.67. The van der Waals surface area contributed by atoms with Gasteiger partial charge in [-0.3, -0.25) is 4.79 Å². The van der Waals surface area contributed by atoms with Crippen LogP contribution in [0.1, 0.15) is 24.3 Å². The van der Waals surface area contributed by atoms with Gasteiger partial charge < -0.3 is 21.3 Å². The maximum atomic E-state index is 11.9. The van der Waals surface area contributed by atoms with Crippen molar-refractivity contribution in [3.8, 4) is 11.3 Å². The number of guanidine groups is 1. The summed E-state index contributed by atoms with van der Waals surface area (Å²) >= 11 is 0. The minimum Gasteiger partial charge on any atom is -0.370 e. The van der Waals surface area contributed by atoms with Gasteiger partial charge in [-0.25, -0.2) is 4.99 Å². The van der Waals surface area contributed by atoms with Crippen molar-refractivity contribution in [1.29, 1.82) is 0 Å². The summed E-state index contributed by atoms with van der Waals surface area (Å²) in [5.74, 6) is 0.627. The van der Waals surface area contributed by atoms with E-state index in [-0.39, 0.29) is 17.6 Å². The molecule has 0 unspecified atom stereocenters. The third kappa shape index (κ3) is 4.08. The van der Waals surface area contributed by atoms with E-state index in [1.165, 1.54) is 0 Å². The second kappa shape index (κ2) is 6.75. The molecule has 2 rings (SSSR count). The maximum Gasteiger partial charge on any atom is 0.273 e. The van der Waals surface area contributed by atoms with Gasteiger partial charge in [-0.15, -0.1) is 0 Å². The second-order valence-corrected chi connectivity index (χ2v) is 5.26. The Hall–Kier alpha value is -2.83. The summed E-state index contributed by atoms with van der Waals surface area (Å²) in [6.07, 6.45) is 0. The van der Waals surface area contributed by atoms with E-state index < -0.39 is 0 Å². The van der Waals surface area contributed by atoms with E-state index in [0.29, 0.717) is 23.9 Å². The zero-order valence-electron chi connectivity index (χ0n) is 12.5. The molecule has 1 amide bonds. The molecule has 5 N–H and O–H groups in total. The molecule has 2 aromatic rings. The van der Waals surface area contributed by atoms with E-state index in [1.54, 1.807) is 30.3 Å². The Balaban J connectivity index is 2.11. The van der Waals surface area contributed by atoms with Crippen molar-refractivity contribution >= 4 is 17.6 Å². The lowest BCUT2D eigenvalue weighted by Gasteiger charge is -2.04. The molecule has 0 radical (unpaired) electrons. The van der Waals surface area contributed by atoms with Crippen molar-refractivity contribution in [3.05, 3.63) is 36.0 Å². The first-order valence-corrected chi connectivity index (χ1v) is 6.90. The van der Waals surface area contributed by atoms with Gasteiger partial charge in [-0.2, -0.15) is 0 Å². The Morgan fingerprint density at radius 1 is 1.32 bits per heavy atom. The smallest absolute Gasteiger partial charge is 0.273 e. The predicted octanol–water partition coefficient (Wildman–Crippen LogP) is 1.63. The molecule has 1 heterocycles. The summed E-state index contributed by atoms with van der Waals surface area (Å²) in [6.45, 7) is 4.63. The minimum atomic E-state index is -0.249. The number of aliphatic imine (C=N–C) groups is 1. The minimum absolute atomic E-state index is 0.00322. The predicted molar refractivity (Wildman–Crippen MR) is 84.6 cm³/mol. The Kier molecular flexibility index (Phi) is 4.77. The third-order valence-electron chi connectivity index (χ3n) is 2.82. The van der Waals surface area contributed by atoms with Crippen LogP contribution < -0.4 is 16.8 Å². The fourth-order valence-electron chi connectivity index (χ4n) is 1.75. The van der Waals surface area contributed by atoms with E-state index in [0.717, 1.165) is 5.56 Å². The molecule has 0 aliphatic carbocycles. The molecule has 0 saturated carbocycles. The van der Waals surface area contributed by atoms with Gasteiger partial charge in [0.1, 0.15) is 0 Å². The normalized spacial score (nSPS) is 10.5. The SMILES string of the molecule is CC(C)CNC(=O)c1cc(-c2ccc(N=C(N)N)cc2)on1. The summed E-state index contributed by atoms with van der Waals surface area (Å²) in [7, 11) is 0. The molecule has 0 aliphatic rings. The number of aromatic nitrogens is 1. The molecule has 1 aromatic heterocycles. The lowest BCUT2D eigenvalue weighted by atomic mass is 10.1. The molecule has 7 heteroatoms. The van der Waals surface area contributed by atoms with Crippen LogP contribution in [-0.2, 0) is 0 Å². The monoisotopic (exact) mass is 301 g/mol. The first-order chi connectivity index (χ1) is 10.5. The highest BCUT2D eigenvalue weighted by Gasteiger charge is 2.13. The van der Waals surface area contributed by atoms with E-state index in [1.807, 2.05) is 13.8 Å². The van der Waals surface area contributed by atoms with Gasteiger partial charge in [0.2, 0.25) is 0 Å². The number of nitrogens with zero attached hydrogens (tertiary/aromatic N) is 2. The van der Waals surface area contributed by atoms with Crippen LogP contribution in [0.3, 0.4) is 0 Å². The number of hydrogen-bond donors (Lipinski definition) is 3. The van der Waals surface area contributed by atoms with E-state index >= 15 is 0 Å². The number of amides is 1. The number of rotatable bonds is 5. The average Bonchev–Trinajstić information content (AvgIpc) is 2.94. The summed E-state index contributed by atoms with van der Waals surface area (Å²) in [5, 5.41) is 6.57. The standard InChI is InChI=1S/C15H19N5O2/c1-9(2)8-18-14(21)12-7-13(22-20-12)10-3-5-11(6-4-10)19-15(16)17/h3-7,9H,8H2,1-2H3,(H,18,21)(H4,16,17,19). The number of nitrogens with one attached hydrogen (secondary N) is 1. The largest absolute Gasteiger partial charge is 0.370 e. The van der Waals surface area contributed by atoms with Crippen LogP contribution >= 0.6 is 0 Å². The third-order valence-corrected chi connectivity index (χ3v) is 2.82. The van der Waals surface area contributed by atoms with Crippen LogP contribution in [0.25, 0.3) is 11.3 Å². The molecular formula is C15H19N5O2. The van der Waals surface area contributed by atoms with Gasteiger partial charge in [0.05, 0.1) is 5.69 Å². The first kappa shape index (κ1) is 15.6. The fraction of sp³-hybridized carbons (Fsp3) is 0.267. The van der Waals surface area contributed by atoms with Gasteiger partial charge in [-0.1, -0.05) is 19.0 Å². The molecule has 0 aliphatic heterocycles. The number of benzene rings is 1. The number of nitrogens with two attached hydrogens (primary N) is 2. The maximum absolute atomic E-state index is 11.9. The molecular weight excluding hydrogens is 282 g/mol.